The Kier molecular flexibility index (Phi) is 3.52. The average molecular weight is 161 g/mol. The molecular weight excluding hydrogens is 146 g/mol. The molecule has 0 aliphatic rings. The van der Waals surface area contributed by atoms with Crippen LogP contribution in [0.2, 0.25) is 0 Å². The lowest BCUT2D eigenvalue weighted by molar-refractivity contribution is 1.01. The fraction of sp³-hybridized carbons (Fsp3) is 0.364. The molecule has 0 bridgehead atoms. The number of nitrogens with zero attached hydrogens (tertiary/aromatic N) is 1. The summed E-state index contributed by atoms with van der Waals surface area (Å²) in [6.07, 6.45) is 4.21. The monoisotopic (exact) mass is 161 g/mol. The maximum atomic E-state index is 4.37. The number of para-hydroxylation sites is 1. The second-order valence-corrected chi connectivity index (χ2v) is 2.89. The van der Waals surface area contributed by atoms with Crippen molar-refractivity contribution >= 4 is 11.9 Å². The predicted octanol–water partition coefficient (Wildman–Crippen LogP) is 3.50. The standard InChI is InChI=1S/C11H15N/c1-3-4-9-12-11-8-6-5-7-10(11)2/h5-9H,3-4H2,1-2H3/b12-9-. The maximum absolute atomic E-state index is 4.37. The molecule has 0 fully saturated rings. The van der Waals surface area contributed by atoms with Crippen LogP contribution in [0.4, 0.5) is 5.69 Å². The highest BCUT2D eigenvalue weighted by Gasteiger charge is 1.90. The lowest BCUT2D eigenvalue weighted by Gasteiger charge is -1.96. The minimum atomic E-state index is 1.06. The summed E-state index contributed by atoms with van der Waals surface area (Å²) in [5.74, 6) is 0. The second-order valence-electron chi connectivity index (χ2n) is 2.89. The lowest BCUT2D eigenvalue weighted by atomic mass is 10.2. The van der Waals surface area contributed by atoms with Crippen molar-refractivity contribution in [1.29, 1.82) is 0 Å². The number of hydrogen-bond acceptors (Lipinski definition) is 1. The van der Waals surface area contributed by atoms with Crippen LogP contribution in [0.25, 0.3) is 0 Å². The first-order valence-corrected chi connectivity index (χ1v) is 4.42. The molecule has 1 nitrogen and oxygen atoms in total. The number of hydrogen-bond donors (Lipinski definition) is 0. The Morgan fingerprint density at radius 2 is 2.08 bits per heavy atom. The van der Waals surface area contributed by atoms with Crippen molar-refractivity contribution in [1.82, 2.24) is 0 Å². The zero-order chi connectivity index (χ0) is 8.81. The van der Waals surface area contributed by atoms with E-state index in [4.69, 9.17) is 0 Å². The lowest BCUT2D eigenvalue weighted by Crippen LogP contribution is -1.75. The third-order valence-electron chi connectivity index (χ3n) is 1.76. The molecule has 0 spiro atoms. The first-order chi connectivity index (χ1) is 5.84. The van der Waals surface area contributed by atoms with Crippen LogP contribution < -0.4 is 0 Å². The molecule has 1 rings (SSSR count). The second kappa shape index (κ2) is 4.70. The number of aryl methyl sites for hydroxylation is 1. The molecule has 0 aliphatic carbocycles. The van der Waals surface area contributed by atoms with Gasteiger partial charge in [-0.25, -0.2) is 0 Å². The van der Waals surface area contributed by atoms with Crippen molar-refractivity contribution in [2.45, 2.75) is 26.7 Å². The highest BCUT2D eigenvalue weighted by molar-refractivity contribution is 5.64. The van der Waals surface area contributed by atoms with Crippen molar-refractivity contribution in [3.05, 3.63) is 29.8 Å². The van der Waals surface area contributed by atoms with Gasteiger partial charge in [-0.15, -0.1) is 0 Å². The molecule has 0 aromatic heterocycles. The molecule has 0 unspecified atom stereocenters. The number of aliphatic imine (C=N–C) groups is 1. The van der Waals surface area contributed by atoms with E-state index in [1.807, 2.05) is 24.4 Å². The summed E-state index contributed by atoms with van der Waals surface area (Å²) >= 11 is 0. The van der Waals surface area contributed by atoms with E-state index < -0.39 is 0 Å². The van der Waals surface area contributed by atoms with Crippen LogP contribution in [0.15, 0.2) is 29.3 Å². The molecule has 0 radical (unpaired) electrons. The van der Waals surface area contributed by atoms with E-state index in [2.05, 4.69) is 24.9 Å². The molecule has 1 heteroatoms. The van der Waals surface area contributed by atoms with Crippen molar-refractivity contribution in [2.75, 3.05) is 0 Å². The Balaban J connectivity index is 2.68. The zero-order valence-electron chi connectivity index (χ0n) is 7.75. The predicted molar refractivity (Wildman–Crippen MR) is 54.2 cm³/mol. The van der Waals surface area contributed by atoms with E-state index >= 15 is 0 Å². The van der Waals surface area contributed by atoms with Crippen LogP contribution in [0.3, 0.4) is 0 Å². The van der Waals surface area contributed by atoms with E-state index in [1.165, 1.54) is 5.56 Å². The van der Waals surface area contributed by atoms with Gasteiger partial charge in [-0.2, -0.15) is 0 Å². The Bertz CT molecular complexity index is 263. The highest BCUT2D eigenvalue weighted by Crippen LogP contribution is 2.16. The normalized spacial score (nSPS) is 10.8. The van der Waals surface area contributed by atoms with E-state index in [-0.39, 0.29) is 0 Å². The van der Waals surface area contributed by atoms with Gasteiger partial charge in [0.25, 0.3) is 0 Å². The van der Waals surface area contributed by atoms with E-state index in [0.29, 0.717) is 0 Å². The van der Waals surface area contributed by atoms with Gasteiger partial charge in [0.2, 0.25) is 0 Å². The quantitative estimate of drug-likeness (QED) is 0.602. The van der Waals surface area contributed by atoms with Crippen LogP contribution in [0, 0.1) is 6.92 Å². The van der Waals surface area contributed by atoms with Gasteiger partial charge in [0.05, 0.1) is 5.69 Å². The Labute approximate surface area is 74.2 Å². The number of unbranched alkanes of at least 4 members (excludes halogenated alkanes) is 1. The summed E-state index contributed by atoms with van der Waals surface area (Å²) < 4.78 is 0. The van der Waals surface area contributed by atoms with E-state index in [0.717, 1.165) is 18.5 Å². The van der Waals surface area contributed by atoms with Gasteiger partial charge in [-0.05, 0) is 25.0 Å². The third-order valence-corrected chi connectivity index (χ3v) is 1.76. The van der Waals surface area contributed by atoms with E-state index in [1.54, 1.807) is 0 Å². The van der Waals surface area contributed by atoms with Gasteiger partial charge in [0, 0.05) is 6.21 Å². The summed E-state index contributed by atoms with van der Waals surface area (Å²) in [4.78, 5) is 4.37. The third kappa shape index (κ3) is 2.50. The molecule has 1 aromatic rings. The molecule has 0 aliphatic heterocycles. The van der Waals surface area contributed by atoms with Gasteiger partial charge in [0.15, 0.2) is 0 Å². The molecular formula is C11H15N. The largest absolute Gasteiger partial charge is 0.261 e. The van der Waals surface area contributed by atoms with Crippen LogP contribution in [-0.4, -0.2) is 6.21 Å². The molecule has 0 amide bonds. The summed E-state index contributed by atoms with van der Waals surface area (Å²) in [7, 11) is 0. The van der Waals surface area contributed by atoms with Crippen LogP contribution in [0.5, 0.6) is 0 Å². The average Bonchev–Trinajstić information content (AvgIpc) is 2.09. The van der Waals surface area contributed by atoms with E-state index in [9.17, 15) is 0 Å². The van der Waals surface area contributed by atoms with Gasteiger partial charge >= 0.3 is 0 Å². The Morgan fingerprint density at radius 3 is 2.75 bits per heavy atom. The zero-order valence-corrected chi connectivity index (χ0v) is 7.75. The first kappa shape index (κ1) is 8.98. The maximum Gasteiger partial charge on any atom is 0.0654 e. The Morgan fingerprint density at radius 1 is 1.33 bits per heavy atom. The summed E-state index contributed by atoms with van der Waals surface area (Å²) in [5.41, 5.74) is 2.33. The number of benzene rings is 1. The summed E-state index contributed by atoms with van der Waals surface area (Å²) in [6, 6.07) is 8.18. The Hall–Kier alpha value is -1.11. The molecule has 1 aromatic carbocycles. The molecule has 0 saturated carbocycles. The van der Waals surface area contributed by atoms with Crippen LogP contribution in [0.1, 0.15) is 25.3 Å². The van der Waals surface area contributed by atoms with Crippen molar-refractivity contribution in [2.24, 2.45) is 4.99 Å². The smallest absolute Gasteiger partial charge is 0.0654 e. The SMILES string of the molecule is CCC/C=N\c1ccccc1C. The van der Waals surface area contributed by atoms with Crippen molar-refractivity contribution in [3.8, 4) is 0 Å². The van der Waals surface area contributed by atoms with Gasteiger partial charge < -0.3 is 0 Å². The van der Waals surface area contributed by atoms with Crippen molar-refractivity contribution in [3.63, 3.8) is 0 Å². The fourth-order valence-corrected chi connectivity index (χ4v) is 1.00. The summed E-state index contributed by atoms with van der Waals surface area (Å²) in [6.45, 7) is 4.24. The molecule has 64 valence electrons. The van der Waals surface area contributed by atoms with Crippen LogP contribution >= 0.6 is 0 Å². The minimum absolute atomic E-state index is 1.06. The summed E-state index contributed by atoms with van der Waals surface area (Å²) in [5, 5.41) is 0. The molecule has 12 heavy (non-hydrogen) atoms. The first-order valence-electron chi connectivity index (χ1n) is 4.42. The van der Waals surface area contributed by atoms with Crippen molar-refractivity contribution < 1.29 is 0 Å². The van der Waals surface area contributed by atoms with Gasteiger partial charge in [0.1, 0.15) is 0 Å². The molecule has 0 saturated heterocycles. The highest BCUT2D eigenvalue weighted by atomic mass is 14.7. The van der Waals surface area contributed by atoms with Crippen LogP contribution in [-0.2, 0) is 0 Å². The molecule has 0 atom stereocenters. The topological polar surface area (TPSA) is 12.4 Å². The number of rotatable bonds is 3. The minimum Gasteiger partial charge on any atom is -0.261 e. The molecule has 0 heterocycles. The molecule has 0 N–H and O–H groups in total. The fourth-order valence-electron chi connectivity index (χ4n) is 1.00. The van der Waals surface area contributed by atoms with Gasteiger partial charge in [-0.1, -0.05) is 31.5 Å². The van der Waals surface area contributed by atoms with Gasteiger partial charge in [-0.3, -0.25) is 4.99 Å².